The first kappa shape index (κ1) is 15.7. The van der Waals surface area contributed by atoms with Gasteiger partial charge in [-0.15, -0.1) is 0 Å². The van der Waals surface area contributed by atoms with Crippen LogP contribution >= 0.6 is 15.9 Å². The molecule has 1 aromatic carbocycles. The first-order valence-corrected chi connectivity index (χ1v) is 6.96. The van der Waals surface area contributed by atoms with Crippen molar-refractivity contribution in [2.24, 2.45) is 5.41 Å². The van der Waals surface area contributed by atoms with Gasteiger partial charge in [0.25, 0.3) is 0 Å². The van der Waals surface area contributed by atoms with Gasteiger partial charge in [0.1, 0.15) is 0 Å². The van der Waals surface area contributed by atoms with E-state index in [-0.39, 0.29) is 6.79 Å². The molecule has 0 N–H and O–H groups in total. The predicted molar refractivity (Wildman–Crippen MR) is 74.9 cm³/mol. The molecular formula is C14H17BrO4. The molecule has 0 aromatic heterocycles. The Morgan fingerprint density at radius 2 is 1.89 bits per heavy atom. The van der Waals surface area contributed by atoms with Gasteiger partial charge in [-0.1, -0.05) is 28.1 Å². The summed E-state index contributed by atoms with van der Waals surface area (Å²) < 4.78 is 9.76. The smallest absolute Gasteiger partial charge is 0.341 e. The second kappa shape index (κ2) is 6.70. The minimum Gasteiger partial charge on any atom is -0.427 e. The first-order valence-electron chi connectivity index (χ1n) is 5.84. The maximum absolute atomic E-state index is 11.7. The van der Waals surface area contributed by atoms with Crippen molar-refractivity contribution < 1.29 is 19.1 Å². The molecule has 0 atom stereocenters. The van der Waals surface area contributed by atoms with Crippen LogP contribution in [0.2, 0.25) is 0 Å². The summed E-state index contributed by atoms with van der Waals surface area (Å²) in [5.74, 6) is -0.918. The number of halogens is 1. The Morgan fingerprint density at radius 3 is 2.47 bits per heavy atom. The lowest BCUT2D eigenvalue weighted by Gasteiger charge is -2.16. The monoisotopic (exact) mass is 328 g/mol. The number of carbonyl (C=O) groups is 2. The van der Waals surface area contributed by atoms with Crippen LogP contribution in [-0.2, 0) is 19.6 Å². The molecule has 0 aliphatic carbocycles. The van der Waals surface area contributed by atoms with Gasteiger partial charge >= 0.3 is 11.9 Å². The van der Waals surface area contributed by atoms with Gasteiger partial charge in [0.05, 0.1) is 11.0 Å². The largest absolute Gasteiger partial charge is 0.427 e. The van der Waals surface area contributed by atoms with Crippen LogP contribution in [0.5, 0.6) is 0 Å². The number of alkyl halides is 1. The fourth-order valence-corrected chi connectivity index (χ4v) is 1.57. The molecule has 104 valence electrons. The Balaban J connectivity index is 2.50. The normalized spacial score (nSPS) is 10.9. The molecule has 0 aliphatic heterocycles. The Labute approximate surface area is 121 Å². The van der Waals surface area contributed by atoms with Crippen molar-refractivity contribution in [1.82, 2.24) is 0 Å². The Morgan fingerprint density at radius 1 is 1.21 bits per heavy atom. The minimum absolute atomic E-state index is 0.368. The van der Waals surface area contributed by atoms with E-state index < -0.39 is 17.4 Å². The Kier molecular flexibility index (Phi) is 5.54. The van der Waals surface area contributed by atoms with E-state index in [0.717, 1.165) is 5.56 Å². The van der Waals surface area contributed by atoms with Crippen LogP contribution in [0.4, 0.5) is 0 Å². The van der Waals surface area contributed by atoms with Crippen molar-refractivity contribution in [1.29, 1.82) is 0 Å². The van der Waals surface area contributed by atoms with Gasteiger partial charge in [0.2, 0.25) is 6.79 Å². The van der Waals surface area contributed by atoms with E-state index in [1.807, 2.05) is 6.07 Å². The van der Waals surface area contributed by atoms with Crippen molar-refractivity contribution >= 4 is 27.9 Å². The van der Waals surface area contributed by atoms with E-state index in [9.17, 15) is 9.59 Å². The topological polar surface area (TPSA) is 52.6 Å². The summed E-state index contributed by atoms with van der Waals surface area (Å²) in [7, 11) is 0. The van der Waals surface area contributed by atoms with Gasteiger partial charge in [-0.2, -0.15) is 0 Å². The maximum Gasteiger partial charge on any atom is 0.341 e. The number of carbonyl (C=O) groups excluding carboxylic acids is 2. The SMILES string of the molecule is CC(C)(C)C(=O)OCOC(=O)c1cccc(CBr)c1. The third-order valence-electron chi connectivity index (χ3n) is 2.31. The molecule has 0 unspecified atom stereocenters. The molecule has 5 heteroatoms. The maximum atomic E-state index is 11.7. The molecule has 0 saturated heterocycles. The Bertz CT molecular complexity index is 463. The summed E-state index contributed by atoms with van der Waals surface area (Å²) in [6.45, 7) is 4.83. The highest BCUT2D eigenvalue weighted by atomic mass is 79.9. The average Bonchev–Trinajstić information content (AvgIpc) is 2.37. The van der Waals surface area contributed by atoms with Crippen molar-refractivity contribution in [3.8, 4) is 0 Å². The number of hydrogen-bond acceptors (Lipinski definition) is 4. The number of benzene rings is 1. The standard InChI is InChI=1S/C14H17BrO4/c1-14(2,3)13(17)19-9-18-12(16)11-6-4-5-10(7-11)8-15/h4-7H,8-9H2,1-3H3. The second-order valence-corrected chi connectivity index (χ2v) is 5.63. The third-order valence-corrected chi connectivity index (χ3v) is 2.96. The van der Waals surface area contributed by atoms with Crippen LogP contribution in [0.3, 0.4) is 0 Å². The molecule has 0 heterocycles. The van der Waals surface area contributed by atoms with Crippen LogP contribution in [0.1, 0.15) is 36.7 Å². The summed E-state index contributed by atoms with van der Waals surface area (Å²) >= 11 is 3.31. The Hall–Kier alpha value is -1.36. The zero-order valence-electron chi connectivity index (χ0n) is 11.2. The van der Waals surface area contributed by atoms with Gasteiger partial charge in [-0.05, 0) is 38.5 Å². The van der Waals surface area contributed by atoms with Gasteiger partial charge in [-0.25, -0.2) is 4.79 Å². The summed E-state index contributed by atoms with van der Waals surface area (Å²) in [5.41, 5.74) is 0.798. The lowest BCUT2D eigenvalue weighted by Crippen LogP contribution is -2.24. The summed E-state index contributed by atoms with van der Waals surface area (Å²) in [6, 6.07) is 7.04. The van der Waals surface area contributed by atoms with Crippen LogP contribution in [0.15, 0.2) is 24.3 Å². The molecular weight excluding hydrogens is 312 g/mol. The fourth-order valence-electron chi connectivity index (χ4n) is 1.22. The van der Waals surface area contributed by atoms with Gasteiger partial charge in [0.15, 0.2) is 0 Å². The third kappa shape index (κ3) is 5.03. The summed E-state index contributed by atoms with van der Waals surface area (Å²) in [5, 5.41) is 0.660. The van der Waals surface area contributed by atoms with Crippen LogP contribution < -0.4 is 0 Å². The average molecular weight is 329 g/mol. The van der Waals surface area contributed by atoms with E-state index >= 15 is 0 Å². The summed E-state index contributed by atoms with van der Waals surface area (Å²) in [6.07, 6.45) is 0. The molecule has 4 nitrogen and oxygen atoms in total. The van der Waals surface area contributed by atoms with E-state index in [1.165, 1.54) is 0 Å². The summed E-state index contributed by atoms with van der Waals surface area (Å²) in [4.78, 5) is 23.2. The highest BCUT2D eigenvalue weighted by Crippen LogP contribution is 2.15. The number of ether oxygens (including phenoxy) is 2. The second-order valence-electron chi connectivity index (χ2n) is 5.07. The molecule has 0 aliphatic rings. The lowest BCUT2D eigenvalue weighted by molar-refractivity contribution is -0.161. The van der Waals surface area contributed by atoms with Crippen molar-refractivity contribution in [3.63, 3.8) is 0 Å². The molecule has 0 bridgehead atoms. The van der Waals surface area contributed by atoms with Crippen LogP contribution in [0.25, 0.3) is 0 Å². The van der Waals surface area contributed by atoms with Crippen molar-refractivity contribution in [3.05, 3.63) is 35.4 Å². The van der Waals surface area contributed by atoms with Gasteiger partial charge < -0.3 is 9.47 Å². The predicted octanol–water partition coefficient (Wildman–Crippen LogP) is 3.29. The highest BCUT2D eigenvalue weighted by Gasteiger charge is 2.23. The van der Waals surface area contributed by atoms with Gasteiger partial charge in [-0.3, -0.25) is 4.79 Å². The highest BCUT2D eigenvalue weighted by molar-refractivity contribution is 9.08. The quantitative estimate of drug-likeness (QED) is 0.483. The molecule has 0 fully saturated rings. The molecule has 0 amide bonds. The van der Waals surface area contributed by atoms with Gasteiger partial charge in [0, 0.05) is 5.33 Å². The first-order chi connectivity index (χ1) is 8.84. The fraction of sp³-hybridized carbons (Fsp3) is 0.429. The van der Waals surface area contributed by atoms with Crippen LogP contribution in [-0.4, -0.2) is 18.7 Å². The molecule has 1 rings (SSSR count). The molecule has 1 aromatic rings. The number of rotatable bonds is 4. The van der Waals surface area contributed by atoms with Crippen molar-refractivity contribution in [2.45, 2.75) is 26.1 Å². The van der Waals surface area contributed by atoms with E-state index in [2.05, 4.69) is 15.9 Å². The minimum atomic E-state index is -0.609. The van der Waals surface area contributed by atoms with E-state index in [0.29, 0.717) is 10.9 Å². The number of esters is 2. The zero-order valence-corrected chi connectivity index (χ0v) is 12.8. The van der Waals surface area contributed by atoms with E-state index in [4.69, 9.17) is 9.47 Å². The van der Waals surface area contributed by atoms with Crippen LogP contribution in [0, 0.1) is 5.41 Å². The number of hydrogen-bond donors (Lipinski definition) is 0. The molecule has 0 spiro atoms. The zero-order chi connectivity index (χ0) is 14.5. The van der Waals surface area contributed by atoms with Crippen molar-refractivity contribution in [2.75, 3.05) is 6.79 Å². The molecule has 0 radical (unpaired) electrons. The lowest BCUT2D eigenvalue weighted by atomic mass is 9.98. The molecule has 19 heavy (non-hydrogen) atoms. The molecule has 0 saturated carbocycles. The van der Waals surface area contributed by atoms with E-state index in [1.54, 1.807) is 39.0 Å².